The average molecular weight is 419 g/mol. The molecule has 0 aliphatic carbocycles. The van der Waals surface area contributed by atoms with Crippen LogP contribution in [0.15, 0.2) is 12.2 Å². The molecule has 0 heterocycles. The van der Waals surface area contributed by atoms with Crippen LogP contribution in [0.1, 0.15) is 60.3 Å². The Balaban J connectivity index is 3.96. The molecular formula is C22H46O5Si. The molecule has 0 aromatic rings. The van der Waals surface area contributed by atoms with Gasteiger partial charge in [-0.3, -0.25) is 0 Å². The topological polar surface area (TPSA) is 57.2 Å². The van der Waals surface area contributed by atoms with E-state index in [1.54, 1.807) is 14.0 Å². The SMILES string of the molecule is COCCOCO[C@@H](C/C=C\CCC[C@H](C)CO[Si](C)(C)C(C)(C)C)[C@H](C)O. The fourth-order valence-corrected chi connectivity index (χ4v) is 3.46. The van der Waals surface area contributed by atoms with Gasteiger partial charge in [-0.2, -0.15) is 0 Å². The first-order chi connectivity index (χ1) is 13.0. The Hall–Kier alpha value is -0.243. The first-order valence-corrected chi connectivity index (χ1v) is 13.6. The molecule has 0 saturated carbocycles. The van der Waals surface area contributed by atoms with Gasteiger partial charge in [0, 0.05) is 13.7 Å². The van der Waals surface area contributed by atoms with Crippen molar-refractivity contribution in [3.63, 3.8) is 0 Å². The van der Waals surface area contributed by atoms with Crippen molar-refractivity contribution in [1.82, 2.24) is 0 Å². The van der Waals surface area contributed by atoms with Gasteiger partial charge < -0.3 is 23.7 Å². The minimum Gasteiger partial charge on any atom is -0.417 e. The van der Waals surface area contributed by atoms with Gasteiger partial charge in [0.25, 0.3) is 0 Å². The number of allylic oxidation sites excluding steroid dienone is 1. The van der Waals surface area contributed by atoms with Gasteiger partial charge in [-0.1, -0.05) is 39.8 Å². The van der Waals surface area contributed by atoms with Crippen molar-refractivity contribution in [2.45, 2.75) is 90.6 Å². The summed E-state index contributed by atoms with van der Waals surface area (Å²) in [6, 6.07) is 0. The van der Waals surface area contributed by atoms with Crippen LogP contribution in [0.2, 0.25) is 18.1 Å². The van der Waals surface area contributed by atoms with Crippen LogP contribution in [-0.4, -0.2) is 59.4 Å². The predicted octanol–water partition coefficient (Wildman–Crippen LogP) is 5.15. The molecule has 0 aromatic heterocycles. The molecule has 0 bridgehead atoms. The third-order valence-electron chi connectivity index (χ3n) is 5.47. The number of aliphatic hydroxyl groups excluding tert-OH is 1. The van der Waals surface area contributed by atoms with E-state index in [2.05, 4.69) is 52.9 Å². The lowest BCUT2D eigenvalue weighted by Crippen LogP contribution is -2.41. The predicted molar refractivity (Wildman–Crippen MR) is 119 cm³/mol. The second-order valence-corrected chi connectivity index (χ2v) is 14.1. The van der Waals surface area contributed by atoms with Crippen LogP contribution >= 0.6 is 0 Å². The Kier molecular flexibility index (Phi) is 14.6. The number of hydrogen-bond acceptors (Lipinski definition) is 5. The lowest BCUT2D eigenvalue weighted by molar-refractivity contribution is -0.124. The summed E-state index contributed by atoms with van der Waals surface area (Å²) in [4.78, 5) is 0. The van der Waals surface area contributed by atoms with Crippen LogP contribution in [0.3, 0.4) is 0 Å². The van der Waals surface area contributed by atoms with Gasteiger partial charge >= 0.3 is 0 Å². The first-order valence-electron chi connectivity index (χ1n) is 10.7. The summed E-state index contributed by atoms with van der Waals surface area (Å²) < 4.78 is 22.1. The Morgan fingerprint density at radius 3 is 2.32 bits per heavy atom. The molecule has 0 amide bonds. The normalized spacial score (nSPS) is 16.5. The van der Waals surface area contributed by atoms with Crippen molar-refractivity contribution in [2.75, 3.05) is 33.7 Å². The van der Waals surface area contributed by atoms with Crippen molar-refractivity contribution < 1.29 is 23.7 Å². The smallest absolute Gasteiger partial charge is 0.191 e. The summed E-state index contributed by atoms with van der Waals surface area (Å²) >= 11 is 0. The highest BCUT2D eigenvalue weighted by atomic mass is 28.4. The van der Waals surface area contributed by atoms with Crippen LogP contribution in [-0.2, 0) is 18.6 Å². The van der Waals surface area contributed by atoms with Crippen LogP contribution in [0.5, 0.6) is 0 Å². The van der Waals surface area contributed by atoms with Crippen molar-refractivity contribution in [3.05, 3.63) is 12.2 Å². The summed E-state index contributed by atoms with van der Waals surface area (Å²) in [5.41, 5.74) is 0. The van der Waals surface area contributed by atoms with E-state index >= 15 is 0 Å². The Labute approximate surface area is 174 Å². The van der Waals surface area contributed by atoms with Gasteiger partial charge in [-0.15, -0.1) is 0 Å². The summed E-state index contributed by atoms with van der Waals surface area (Å²) in [6.45, 7) is 17.6. The van der Waals surface area contributed by atoms with Gasteiger partial charge in [0.15, 0.2) is 8.32 Å². The molecule has 1 N–H and O–H groups in total. The maximum Gasteiger partial charge on any atom is 0.191 e. The molecule has 168 valence electrons. The van der Waals surface area contributed by atoms with E-state index in [9.17, 15) is 5.11 Å². The van der Waals surface area contributed by atoms with E-state index in [0.717, 1.165) is 19.4 Å². The van der Waals surface area contributed by atoms with Crippen molar-refractivity contribution in [3.8, 4) is 0 Å². The summed E-state index contributed by atoms with van der Waals surface area (Å²) in [5.74, 6) is 0.584. The molecule has 28 heavy (non-hydrogen) atoms. The van der Waals surface area contributed by atoms with Gasteiger partial charge in [0.1, 0.15) is 6.79 Å². The van der Waals surface area contributed by atoms with Crippen LogP contribution in [0.25, 0.3) is 0 Å². The number of ether oxygens (including phenoxy) is 3. The number of unbranched alkanes of at least 4 members (excludes halogenated alkanes) is 1. The molecule has 0 rings (SSSR count). The Morgan fingerprint density at radius 2 is 1.75 bits per heavy atom. The van der Waals surface area contributed by atoms with Gasteiger partial charge in [-0.05, 0) is 56.7 Å². The van der Waals surface area contributed by atoms with E-state index in [1.165, 1.54) is 6.42 Å². The second kappa shape index (κ2) is 14.7. The van der Waals surface area contributed by atoms with Crippen LogP contribution in [0.4, 0.5) is 0 Å². The zero-order valence-corrected chi connectivity index (χ0v) is 20.6. The molecule has 0 radical (unpaired) electrons. The molecule has 0 spiro atoms. The van der Waals surface area contributed by atoms with Crippen molar-refractivity contribution in [2.24, 2.45) is 5.92 Å². The van der Waals surface area contributed by atoms with Crippen LogP contribution in [0, 0.1) is 5.92 Å². The average Bonchev–Trinajstić information content (AvgIpc) is 2.59. The van der Waals surface area contributed by atoms with E-state index in [1.807, 2.05) is 0 Å². The lowest BCUT2D eigenvalue weighted by atomic mass is 10.0. The largest absolute Gasteiger partial charge is 0.417 e. The molecule has 0 aromatic carbocycles. The summed E-state index contributed by atoms with van der Waals surface area (Å²) in [6.07, 6.45) is 7.58. The molecular weight excluding hydrogens is 372 g/mol. The highest BCUT2D eigenvalue weighted by Gasteiger charge is 2.37. The molecule has 5 nitrogen and oxygen atoms in total. The fourth-order valence-electron chi connectivity index (χ4n) is 2.32. The Morgan fingerprint density at radius 1 is 1.07 bits per heavy atom. The van der Waals surface area contributed by atoms with E-state index in [4.69, 9.17) is 18.6 Å². The lowest BCUT2D eigenvalue weighted by Gasteiger charge is -2.37. The zero-order valence-electron chi connectivity index (χ0n) is 19.6. The van der Waals surface area contributed by atoms with Crippen molar-refractivity contribution in [1.29, 1.82) is 0 Å². The van der Waals surface area contributed by atoms with Gasteiger partial charge in [-0.25, -0.2) is 0 Å². The Bertz CT molecular complexity index is 404. The maximum atomic E-state index is 9.82. The number of hydrogen-bond donors (Lipinski definition) is 1. The third kappa shape index (κ3) is 13.1. The monoisotopic (exact) mass is 418 g/mol. The molecule has 6 heteroatoms. The second-order valence-electron chi connectivity index (χ2n) is 9.28. The van der Waals surface area contributed by atoms with Crippen LogP contribution < -0.4 is 0 Å². The summed E-state index contributed by atoms with van der Waals surface area (Å²) in [5, 5.41) is 10.1. The number of aliphatic hydroxyl groups is 1. The number of rotatable bonds is 16. The molecule has 0 unspecified atom stereocenters. The van der Waals surface area contributed by atoms with Crippen molar-refractivity contribution >= 4 is 8.32 Å². The molecule has 0 saturated heterocycles. The highest BCUT2D eigenvalue weighted by molar-refractivity contribution is 6.74. The molecule has 0 fully saturated rings. The van der Waals surface area contributed by atoms with E-state index < -0.39 is 14.4 Å². The third-order valence-corrected chi connectivity index (χ3v) is 9.97. The number of methoxy groups -OCH3 is 1. The van der Waals surface area contributed by atoms with E-state index in [-0.39, 0.29) is 17.9 Å². The zero-order chi connectivity index (χ0) is 21.6. The standard InChI is InChI=1S/C22H46O5Si/c1-19(17-27-28(7,8)22(3,4)5)13-11-9-10-12-14-21(20(2)23)26-18-25-16-15-24-6/h10,12,19-21,23H,9,11,13-18H2,1-8H3/b12-10-/t19-,20-,21-/m0/s1. The minimum absolute atomic E-state index is 0.179. The van der Waals surface area contributed by atoms with Gasteiger partial charge in [0.2, 0.25) is 0 Å². The van der Waals surface area contributed by atoms with Gasteiger partial charge in [0.05, 0.1) is 25.4 Å². The molecule has 3 atom stereocenters. The van der Waals surface area contributed by atoms with E-state index in [0.29, 0.717) is 25.6 Å². The molecule has 0 aliphatic rings. The summed E-state index contributed by atoms with van der Waals surface area (Å²) in [7, 11) is -0.00421. The maximum absolute atomic E-state index is 9.82. The highest BCUT2D eigenvalue weighted by Crippen LogP contribution is 2.36. The first kappa shape index (κ1) is 27.8. The minimum atomic E-state index is -1.64. The fraction of sp³-hybridized carbons (Fsp3) is 0.909. The quantitative estimate of drug-likeness (QED) is 0.163. The molecule has 0 aliphatic heterocycles.